The number of amides is 1. The fourth-order valence-electron chi connectivity index (χ4n) is 2.28. The van der Waals surface area contributed by atoms with Gasteiger partial charge in [0.2, 0.25) is 6.79 Å². The fourth-order valence-corrected chi connectivity index (χ4v) is 2.50. The van der Waals surface area contributed by atoms with Gasteiger partial charge in [-0.05, 0) is 54.5 Å². The van der Waals surface area contributed by atoms with Gasteiger partial charge in [0, 0.05) is 10.7 Å². The molecule has 3 rings (SSSR count). The molecule has 1 heterocycles. The van der Waals surface area contributed by atoms with Crippen LogP contribution in [0.2, 0.25) is 5.02 Å². The van der Waals surface area contributed by atoms with Crippen molar-refractivity contribution in [2.75, 3.05) is 12.1 Å². The molecule has 24 heavy (non-hydrogen) atoms. The van der Waals surface area contributed by atoms with E-state index in [0.29, 0.717) is 27.8 Å². The van der Waals surface area contributed by atoms with E-state index < -0.39 is 5.91 Å². The molecule has 0 saturated carbocycles. The molecule has 0 aromatic heterocycles. The number of aryl methyl sites for hydroxylation is 1. The first-order valence-electron chi connectivity index (χ1n) is 7.16. The minimum Gasteiger partial charge on any atom is -0.454 e. The largest absolute Gasteiger partial charge is 0.454 e. The molecular weight excluding hydrogens is 328 g/mol. The lowest BCUT2D eigenvalue weighted by Crippen LogP contribution is -2.14. The number of rotatable bonds is 3. The second kappa shape index (κ2) is 6.65. The molecule has 0 fully saturated rings. The van der Waals surface area contributed by atoms with Gasteiger partial charge in [-0.15, -0.1) is 0 Å². The second-order valence-electron chi connectivity index (χ2n) is 5.20. The number of nitriles is 1. The van der Waals surface area contributed by atoms with Crippen molar-refractivity contribution in [1.82, 2.24) is 0 Å². The van der Waals surface area contributed by atoms with Crippen molar-refractivity contribution < 1.29 is 14.3 Å². The van der Waals surface area contributed by atoms with Crippen molar-refractivity contribution in [2.45, 2.75) is 6.92 Å². The van der Waals surface area contributed by atoms with E-state index in [-0.39, 0.29) is 12.4 Å². The third-order valence-electron chi connectivity index (χ3n) is 3.51. The molecule has 0 radical (unpaired) electrons. The van der Waals surface area contributed by atoms with Crippen molar-refractivity contribution in [3.05, 3.63) is 58.1 Å². The summed E-state index contributed by atoms with van der Waals surface area (Å²) in [6, 6.07) is 12.3. The van der Waals surface area contributed by atoms with Gasteiger partial charge in [0.05, 0.1) is 0 Å². The number of carbonyl (C=O) groups is 1. The highest BCUT2D eigenvalue weighted by Crippen LogP contribution is 2.33. The lowest BCUT2D eigenvalue weighted by Gasteiger charge is -2.08. The molecule has 0 atom stereocenters. The average molecular weight is 341 g/mol. The summed E-state index contributed by atoms with van der Waals surface area (Å²) in [7, 11) is 0. The molecule has 0 bridgehead atoms. The number of fused-ring (bicyclic) bond motifs is 1. The number of ether oxygens (including phenoxy) is 2. The predicted molar refractivity (Wildman–Crippen MR) is 91.0 cm³/mol. The summed E-state index contributed by atoms with van der Waals surface area (Å²) < 4.78 is 10.5. The minimum absolute atomic E-state index is 0.0109. The Morgan fingerprint density at radius 1 is 1.25 bits per heavy atom. The second-order valence-corrected chi connectivity index (χ2v) is 5.63. The fraction of sp³-hybridized carbons (Fsp3) is 0.111. The Kier molecular flexibility index (Phi) is 4.41. The quantitative estimate of drug-likeness (QED) is 0.679. The van der Waals surface area contributed by atoms with Crippen LogP contribution >= 0.6 is 11.6 Å². The first-order chi connectivity index (χ1) is 11.6. The number of halogens is 1. The topological polar surface area (TPSA) is 71.4 Å². The molecule has 6 heteroatoms. The summed E-state index contributed by atoms with van der Waals surface area (Å²) in [5, 5.41) is 12.6. The van der Waals surface area contributed by atoms with E-state index in [9.17, 15) is 10.1 Å². The maximum atomic E-state index is 12.3. The number of hydrogen-bond acceptors (Lipinski definition) is 4. The number of benzene rings is 2. The van der Waals surface area contributed by atoms with E-state index in [1.165, 1.54) is 6.08 Å². The van der Waals surface area contributed by atoms with Gasteiger partial charge in [0.25, 0.3) is 5.91 Å². The van der Waals surface area contributed by atoms with E-state index in [4.69, 9.17) is 21.1 Å². The van der Waals surface area contributed by atoms with Crippen LogP contribution in [0.3, 0.4) is 0 Å². The summed E-state index contributed by atoms with van der Waals surface area (Å²) in [6.45, 7) is 2.00. The lowest BCUT2D eigenvalue weighted by atomic mass is 10.1. The van der Waals surface area contributed by atoms with Crippen molar-refractivity contribution in [3.8, 4) is 17.6 Å². The van der Waals surface area contributed by atoms with E-state index in [1.807, 2.05) is 13.0 Å². The minimum atomic E-state index is -0.486. The van der Waals surface area contributed by atoms with E-state index in [1.54, 1.807) is 36.4 Å². The van der Waals surface area contributed by atoms with E-state index in [2.05, 4.69) is 5.32 Å². The van der Waals surface area contributed by atoms with Gasteiger partial charge in [0.1, 0.15) is 11.6 Å². The molecule has 1 N–H and O–H groups in total. The molecule has 1 aliphatic heterocycles. The van der Waals surface area contributed by atoms with Crippen LogP contribution in [-0.2, 0) is 4.79 Å². The van der Waals surface area contributed by atoms with E-state index >= 15 is 0 Å². The molecule has 0 aliphatic carbocycles. The Hall–Kier alpha value is -2.97. The monoisotopic (exact) mass is 340 g/mol. The lowest BCUT2D eigenvalue weighted by molar-refractivity contribution is -0.112. The molecule has 120 valence electrons. The van der Waals surface area contributed by atoms with E-state index in [0.717, 1.165) is 5.56 Å². The number of hydrogen-bond donors (Lipinski definition) is 1. The molecule has 2 aromatic rings. The van der Waals surface area contributed by atoms with Gasteiger partial charge < -0.3 is 14.8 Å². The molecule has 0 spiro atoms. The smallest absolute Gasteiger partial charge is 0.266 e. The van der Waals surface area contributed by atoms with Gasteiger partial charge in [-0.25, -0.2) is 0 Å². The summed E-state index contributed by atoms with van der Waals surface area (Å²) in [6.07, 6.45) is 1.50. The molecule has 1 amide bonds. The van der Waals surface area contributed by atoms with Crippen LogP contribution in [0.1, 0.15) is 11.1 Å². The summed E-state index contributed by atoms with van der Waals surface area (Å²) in [5.41, 5.74) is 2.09. The molecular formula is C18H13ClN2O3. The van der Waals surface area contributed by atoms with Crippen LogP contribution in [0.15, 0.2) is 42.0 Å². The Morgan fingerprint density at radius 3 is 2.79 bits per heavy atom. The highest BCUT2D eigenvalue weighted by atomic mass is 35.5. The van der Waals surface area contributed by atoms with Crippen molar-refractivity contribution in [1.29, 1.82) is 5.26 Å². The zero-order chi connectivity index (χ0) is 17.1. The first kappa shape index (κ1) is 15.9. The van der Waals surface area contributed by atoms with Crippen molar-refractivity contribution in [2.24, 2.45) is 0 Å². The molecule has 1 aliphatic rings. The maximum Gasteiger partial charge on any atom is 0.266 e. The van der Waals surface area contributed by atoms with Crippen LogP contribution in [0.5, 0.6) is 11.5 Å². The summed E-state index contributed by atoms with van der Waals surface area (Å²) in [4.78, 5) is 12.3. The van der Waals surface area contributed by atoms with Crippen molar-refractivity contribution >= 4 is 29.3 Å². The normalized spacial score (nSPS) is 12.6. The molecule has 2 aromatic carbocycles. The summed E-state index contributed by atoms with van der Waals surface area (Å²) >= 11 is 5.90. The van der Waals surface area contributed by atoms with Gasteiger partial charge in [0.15, 0.2) is 11.5 Å². The van der Waals surface area contributed by atoms with Gasteiger partial charge in [-0.2, -0.15) is 5.26 Å². The predicted octanol–water partition coefficient (Wildman–Crippen LogP) is 3.92. The van der Waals surface area contributed by atoms with Crippen LogP contribution in [0, 0.1) is 18.3 Å². The zero-order valence-corrected chi connectivity index (χ0v) is 13.6. The molecule has 5 nitrogen and oxygen atoms in total. The van der Waals surface area contributed by atoms with Crippen LogP contribution in [0.25, 0.3) is 6.08 Å². The third-order valence-corrected chi connectivity index (χ3v) is 3.74. The zero-order valence-electron chi connectivity index (χ0n) is 12.8. The SMILES string of the molecule is Cc1cc(Cl)ccc1NC(=O)/C(C#N)=C/c1ccc2c(c1)OCO2. The van der Waals surface area contributed by atoms with Crippen LogP contribution in [0.4, 0.5) is 5.69 Å². The number of nitrogens with zero attached hydrogens (tertiary/aromatic N) is 1. The number of carbonyl (C=O) groups excluding carboxylic acids is 1. The Morgan fingerprint density at radius 2 is 2.04 bits per heavy atom. The Bertz CT molecular complexity index is 884. The maximum absolute atomic E-state index is 12.3. The van der Waals surface area contributed by atoms with Gasteiger partial charge >= 0.3 is 0 Å². The average Bonchev–Trinajstić information content (AvgIpc) is 3.02. The van der Waals surface area contributed by atoms with Crippen LogP contribution in [-0.4, -0.2) is 12.7 Å². The molecule has 0 saturated heterocycles. The molecule has 0 unspecified atom stereocenters. The van der Waals surface area contributed by atoms with Crippen molar-refractivity contribution in [3.63, 3.8) is 0 Å². The summed E-state index contributed by atoms with van der Waals surface area (Å²) in [5.74, 6) is 0.752. The van der Waals surface area contributed by atoms with Crippen LogP contribution < -0.4 is 14.8 Å². The van der Waals surface area contributed by atoms with Gasteiger partial charge in [-0.1, -0.05) is 17.7 Å². The first-order valence-corrected chi connectivity index (χ1v) is 7.53. The third kappa shape index (κ3) is 3.34. The van der Waals surface area contributed by atoms with Gasteiger partial charge in [-0.3, -0.25) is 4.79 Å². The highest BCUT2D eigenvalue weighted by Gasteiger charge is 2.15. The number of anilines is 1. The Balaban J connectivity index is 1.82. The highest BCUT2D eigenvalue weighted by molar-refractivity contribution is 6.30. The standard InChI is InChI=1S/C18H13ClN2O3/c1-11-6-14(19)3-4-15(11)21-18(22)13(9-20)7-12-2-5-16-17(8-12)24-10-23-16/h2-8H,10H2,1H3,(H,21,22)/b13-7+. The Labute approximate surface area is 144 Å². The number of nitrogens with one attached hydrogen (secondary N) is 1.